The molecule has 0 heterocycles. The van der Waals surface area contributed by atoms with Crippen LogP contribution in [-0.4, -0.2) is 18.3 Å². The van der Waals surface area contributed by atoms with Gasteiger partial charge < -0.3 is 10.4 Å². The summed E-state index contributed by atoms with van der Waals surface area (Å²) < 4.78 is 0. The van der Waals surface area contributed by atoms with Gasteiger partial charge in [0, 0.05) is 13.2 Å². The molecule has 0 aliphatic heterocycles. The number of hydrogen-bond acceptors (Lipinski definition) is 2. The number of hydrogen-bond donors (Lipinski definition) is 2. The molecule has 0 bridgehead atoms. The third-order valence-electron chi connectivity index (χ3n) is 2.40. The van der Waals surface area contributed by atoms with Gasteiger partial charge in [-0.3, -0.25) is 0 Å². The Morgan fingerprint density at radius 2 is 1.80 bits per heavy atom. The topological polar surface area (TPSA) is 32.3 Å². The maximum Gasteiger partial charge on any atom is 0.0443 e. The minimum atomic E-state index is 0.266. The van der Waals surface area contributed by atoms with Crippen LogP contribution in [0.2, 0.25) is 0 Å². The van der Waals surface area contributed by atoms with E-state index in [4.69, 9.17) is 5.11 Å². The van der Waals surface area contributed by atoms with E-state index in [2.05, 4.69) is 36.5 Å². The molecule has 0 saturated heterocycles. The largest absolute Gasteiger partial charge is 0.396 e. The van der Waals surface area contributed by atoms with Crippen LogP contribution in [0, 0.1) is 0 Å². The van der Waals surface area contributed by atoms with Gasteiger partial charge in [-0.25, -0.2) is 0 Å². The zero-order valence-corrected chi connectivity index (χ0v) is 9.50. The molecule has 0 aliphatic rings. The van der Waals surface area contributed by atoms with E-state index in [1.165, 1.54) is 17.5 Å². The van der Waals surface area contributed by atoms with Gasteiger partial charge in [-0.05, 0) is 30.5 Å². The fraction of sp³-hybridized carbons (Fsp3) is 0.538. The maximum absolute atomic E-state index is 8.62. The first-order valence-corrected chi connectivity index (χ1v) is 5.76. The first-order valence-electron chi connectivity index (χ1n) is 5.76. The Morgan fingerprint density at radius 3 is 2.40 bits per heavy atom. The van der Waals surface area contributed by atoms with Crippen LogP contribution in [0.4, 0.5) is 0 Å². The Balaban J connectivity index is 2.29. The molecule has 0 atom stereocenters. The molecule has 15 heavy (non-hydrogen) atoms. The second-order valence-corrected chi connectivity index (χ2v) is 3.82. The predicted molar refractivity (Wildman–Crippen MR) is 63.8 cm³/mol. The van der Waals surface area contributed by atoms with E-state index in [9.17, 15) is 0 Å². The predicted octanol–water partition coefficient (Wildman–Crippen LogP) is 2.11. The van der Waals surface area contributed by atoms with Crippen molar-refractivity contribution in [2.45, 2.75) is 32.7 Å². The van der Waals surface area contributed by atoms with Crippen LogP contribution in [0.5, 0.6) is 0 Å². The van der Waals surface area contributed by atoms with Gasteiger partial charge in [0.1, 0.15) is 0 Å². The van der Waals surface area contributed by atoms with Crippen LogP contribution < -0.4 is 5.32 Å². The molecule has 0 saturated carbocycles. The van der Waals surface area contributed by atoms with Crippen molar-refractivity contribution in [2.75, 3.05) is 13.2 Å². The SMILES string of the molecule is CCCc1ccc(CNCCCO)cc1. The number of rotatable bonds is 7. The molecule has 0 aromatic heterocycles. The standard InChI is InChI=1S/C13H21NO/c1-2-4-12-5-7-13(8-6-12)11-14-9-3-10-15/h5-8,14-15H,2-4,9-11H2,1H3. The Hall–Kier alpha value is -0.860. The van der Waals surface area contributed by atoms with Crippen LogP contribution in [0.3, 0.4) is 0 Å². The molecule has 0 unspecified atom stereocenters. The van der Waals surface area contributed by atoms with Crippen molar-refractivity contribution in [3.63, 3.8) is 0 Å². The van der Waals surface area contributed by atoms with Gasteiger partial charge in [0.05, 0.1) is 0 Å². The molecule has 0 spiro atoms. The van der Waals surface area contributed by atoms with E-state index in [1.807, 2.05) is 0 Å². The normalized spacial score (nSPS) is 10.5. The molecule has 1 rings (SSSR count). The first-order chi connectivity index (χ1) is 7.36. The first kappa shape index (κ1) is 12.2. The molecule has 2 heteroatoms. The number of aliphatic hydroxyl groups excluding tert-OH is 1. The van der Waals surface area contributed by atoms with Crippen molar-refractivity contribution >= 4 is 0 Å². The van der Waals surface area contributed by atoms with Gasteiger partial charge in [-0.1, -0.05) is 37.6 Å². The summed E-state index contributed by atoms with van der Waals surface area (Å²) in [4.78, 5) is 0. The Labute approximate surface area is 92.3 Å². The molecule has 2 nitrogen and oxygen atoms in total. The van der Waals surface area contributed by atoms with Crippen LogP contribution >= 0.6 is 0 Å². The van der Waals surface area contributed by atoms with Gasteiger partial charge in [0.25, 0.3) is 0 Å². The van der Waals surface area contributed by atoms with Crippen LogP contribution in [0.15, 0.2) is 24.3 Å². The summed E-state index contributed by atoms with van der Waals surface area (Å²) in [5, 5.41) is 11.9. The zero-order valence-electron chi connectivity index (χ0n) is 9.50. The molecule has 0 amide bonds. The van der Waals surface area contributed by atoms with Crippen LogP contribution in [-0.2, 0) is 13.0 Å². The summed E-state index contributed by atoms with van der Waals surface area (Å²) >= 11 is 0. The molecule has 84 valence electrons. The third kappa shape index (κ3) is 4.96. The van der Waals surface area contributed by atoms with Crippen LogP contribution in [0.1, 0.15) is 30.9 Å². The van der Waals surface area contributed by atoms with Gasteiger partial charge in [0.15, 0.2) is 0 Å². The quantitative estimate of drug-likeness (QED) is 0.671. The van der Waals surface area contributed by atoms with E-state index in [0.29, 0.717) is 0 Å². The Morgan fingerprint density at radius 1 is 1.13 bits per heavy atom. The lowest BCUT2D eigenvalue weighted by atomic mass is 10.1. The average molecular weight is 207 g/mol. The van der Waals surface area contributed by atoms with Crippen molar-refractivity contribution in [2.24, 2.45) is 0 Å². The van der Waals surface area contributed by atoms with E-state index >= 15 is 0 Å². The lowest BCUT2D eigenvalue weighted by Crippen LogP contribution is -2.15. The minimum Gasteiger partial charge on any atom is -0.396 e. The van der Waals surface area contributed by atoms with Gasteiger partial charge in [-0.15, -0.1) is 0 Å². The Kier molecular flexibility index (Phi) is 6.05. The summed E-state index contributed by atoms with van der Waals surface area (Å²) in [6.45, 7) is 4.24. The smallest absolute Gasteiger partial charge is 0.0443 e. The van der Waals surface area contributed by atoms with Crippen molar-refractivity contribution in [1.82, 2.24) is 5.32 Å². The van der Waals surface area contributed by atoms with Crippen LogP contribution in [0.25, 0.3) is 0 Å². The monoisotopic (exact) mass is 207 g/mol. The molecular weight excluding hydrogens is 186 g/mol. The van der Waals surface area contributed by atoms with Gasteiger partial charge >= 0.3 is 0 Å². The highest BCUT2D eigenvalue weighted by atomic mass is 16.3. The average Bonchev–Trinajstić information content (AvgIpc) is 2.27. The zero-order chi connectivity index (χ0) is 10.9. The van der Waals surface area contributed by atoms with Crippen molar-refractivity contribution < 1.29 is 5.11 Å². The highest BCUT2D eigenvalue weighted by molar-refractivity contribution is 5.22. The molecule has 0 radical (unpaired) electrons. The number of nitrogens with one attached hydrogen (secondary N) is 1. The fourth-order valence-corrected chi connectivity index (χ4v) is 1.55. The molecule has 1 aromatic rings. The van der Waals surface area contributed by atoms with Crippen molar-refractivity contribution in [3.8, 4) is 0 Å². The molecule has 0 aliphatic carbocycles. The fourth-order valence-electron chi connectivity index (χ4n) is 1.55. The summed E-state index contributed by atoms with van der Waals surface area (Å²) in [6.07, 6.45) is 3.19. The molecule has 1 aromatic carbocycles. The van der Waals surface area contributed by atoms with Crippen molar-refractivity contribution in [1.29, 1.82) is 0 Å². The van der Waals surface area contributed by atoms with E-state index in [0.717, 1.165) is 25.9 Å². The number of aryl methyl sites for hydroxylation is 1. The third-order valence-corrected chi connectivity index (χ3v) is 2.40. The van der Waals surface area contributed by atoms with E-state index in [1.54, 1.807) is 0 Å². The van der Waals surface area contributed by atoms with Gasteiger partial charge in [0.2, 0.25) is 0 Å². The second kappa shape index (κ2) is 7.43. The highest BCUT2D eigenvalue weighted by Crippen LogP contribution is 2.06. The van der Waals surface area contributed by atoms with E-state index < -0.39 is 0 Å². The van der Waals surface area contributed by atoms with Gasteiger partial charge in [-0.2, -0.15) is 0 Å². The summed E-state index contributed by atoms with van der Waals surface area (Å²) in [5.74, 6) is 0. The summed E-state index contributed by atoms with van der Waals surface area (Å²) in [7, 11) is 0. The second-order valence-electron chi connectivity index (χ2n) is 3.82. The number of benzene rings is 1. The summed E-state index contributed by atoms with van der Waals surface area (Å²) in [5.41, 5.74) is 2.73. The lowest BCUT2D eigenvalue weighted by Gasteiger charge is -2.05. The van der Waals surface area contributed by atoms with E-state index in [-0.39, 0.29) is 6.61 Å². The lowest BCUT2D eigenvalue weighted by molar-refractivity contribution is 0.286. The molecule has 2 N–H and O–H groups in total. The molecule has 0 fully saturated rings. The number of aliphatic hydroxyl groups is 1. The molecular formula is C13H21NO. The van der Waals surface area contributed by atoms with Crippen molar-refractivity contribution in [3.05, 3.63) is 35.4 Å². The Bertz CT molecular complexity index is 256. The highest BCUT2D eigenvalue weighted by Gasteiger charge is 1.94. The maximum atomic E-state index is 8.62. The minimum absolute atomic E-state index is 0.266. The summed E-state index contributed by atoms with van der Waals surface area (Å²) in [6, 6.07) is 8.76.